The van der Waals surface area contributed by atoms with Crippen LogP contribution in [0.15, 0.2) is 23.6 Å². The molecule has 0 radical (unpaired) electrons. The topological polar surface area (TPSA) is 34.1 Å². The quantitative estimate of drug-likeness (QED) is 0.881. The van der Waals surface area contributed by atoms with E-state index in [0.717, 1.165) is 17.2 Å². The van der Waals surface area contributed by atoms with Crippen molar-refractivity contribution in [3.8, 4) is 5.75 Å². The van der Waals surface area contributed by atoms with Crippen LogP contribution in [0.1, 0.15) is 23.5 Å². The van der Waals surface area contributed by atoms with Gasteiger partial charge in [-0.2, -0.15) is 0 Å². The summed E-state index contributed by atoms with van der Waals surface area (Å²) in [6.07, 6.45) is 2.52. The highest BCUT2D eigenvalue weighted by atomic mass is 35.5. The minimum Gasteiger partial charge on any atom is -0.484 e. The van der Waals surface area contributed by atoms with Gasteiger partial charge in [-0.3, -0.25) is 0 Å². The summed E-state index contributed by atoms with van der Waals surface area (Å²) < 4.78 is 19.1. The van der Waals surface area contributed by atoms with E-state index in [1.165, 1.54) is 18.9 Å². The van der Waals surface area contributed by atoms with Crippen LogP contribution >= 0.6 is 22.9 Å². The third-order valence-corrected chi connectivity index (χ3v) is 4.20. The lowest BCUT2D eigenvalue weighted by molar-refractivity contribution is 0.286. The maximum absolute atomic E-state index is 13.6. The van der Waals surface area contributed by atoms with Crippen molar-refractivity contribution in [1.29, 1.82) is 0 Å². The zero-order chi connectivity index (χ0) is 13.9. The summed E-state index contributed by atoms with van der Waals surface area (Å²) in [5, 5.41) is 6.44. The van der Waals surface area contributed by atoms with Crippen molar-refractivity contribution in [2.24, 2.45) is 0 Å². The fraction of sp³-hybridized carbons (Fsp3) is 0.357. The van der Waals surface area contributed by atoms with Gasteiger partial charge < -0.3 is 10.1 Å². The van der Waals surface area contributed by atoms with Gasteiger partial charge in [0.2, 0.25) is 0 Å². The Morgan fingerprint density at radius 3 is 3.10 bits per heavy atom. The molecule has 6 heteroatoms. The lowest BCUT2D eigenvalue weighted by atomic mass is 10.3. The molecule has 0 aliphatic heterocycles. The highest BCUT2D eigenvalue weighted by Crippen LogP contribution is 2.25. The largest absolute Gasteiger partial charge is 0.484 e. The number of aromatic nitrogens is 1. The molecule has 1 aromatic carbocycles. The minimum atomic E-state index is -0.528. The van der Waals surface area contributed by atoms with Crippen LogP contribution in [-0.4, -0.2) is 11.0 Å². The van der Waals surface area contributed by atoms with Gasteiger partial charge in [0.1, 0.15) is 11.6 Å². The molecule has 0 bridgehead atoms. The van der Waals surface area contributed by atoms with Crippen LogP contribution in [0.5, 0.6) is 5.75 Å². The van der Waals surface area contributed by atoms with Crippen molar-refractivity contribution in [3.63, 3.8) is 0 Å². The Morgan fingerprint density at radius 1 is 1.45 bits per heavy atom. The highest BCUT2D eigenvalue weighted by Gasteiger charge is 2.20. The molecule has 0 saturated heterocycles. The molecule has 1 heterocycles. The van der Waals surface area contributed by atoms with E-state index >= 15 is 0 Å². The van der Waals surface area contributed by atoms with E-state index in [2.05, 4.69) is 10.3 Å². The Balaban J connectivity index is 1.56. The molecular formula is C14H14ClFN2OS. The van der Waals surface area contributed by atoms with Crippen molar-refractivity contribution in [1.82, 2.24) is 10.3 Å². The number of hydrogen-bond acceptors (Lipinski definition) is 4. The van der Waals surface area contributed by atoms with Crippen LogP contribution in [0, 0.1) is 5.82 Å². The molecule has 0 atom stereocenters. The monoisotopic (exact) mass is 312 g/mol. The number of thiazole rings is 1. The zero-order valence-corrected chi connectivity index (χ0v) is 12.3. The summed E-state index contributed by atoms with van der Waals surface area (Å²) >= 11 is 7.29. The molecule has 1 aliphatic carbocycles. The maximum atomic E-state index is 13.6. The van der Waals surface area contributed by atoms with Gasteiger partial charge in [-0.15, -0.1) is 11.3 Å². The summed E-state index contributed by atoms with van der Waals surface area (Å²) in [4.78, 5) is 4.45. The molecule has 1 saturated carbocycles. The second-order valence-electron chi connectivity index (χ2n) is 4.73. The number of ether oxygens (including phenoxy) is 1. The molecule has 3 nitrogen and oxygen atoms in total. The number of rotatable bonds is 6. The normalized spacial score (nSPS) is 14.5. The van der Waals surface area contributed by atoms with Crippen LogP contribution in [0.2, 0.25) is 5.02 Å². The molecule has 0 unspecified atom stereocenters. The zero-order valence-electron chi connectivity index (χ0n) is 10.7. The highest BCUT2D eigenvalue weighted by molar-refractivity contribution is 7.09. The average molecular weight is 313 g/mol. The van der Waals surface area contributed by atoms with E-state index in [9.17, 15) is 4.39 Å². The molecule has 0 amide bonds. The van der Waals surface area contributed by atoms with E-state index in [1.54, 1.807) is 23.5 Å². The smallest absolute Gasteiger partial charge is 0.183 e. The van der Waals surface area contributed by atoms with Gasteiger partial charge in [-0.25, -0.2) is 9.37 Å². The molecular weight excluding hydrogens is 299 g/mol. The molecule has 1 N–H and O–H groups in total. The summed E-state index contributed by atoms with van der Waals surface area (Å²) in [5.74, 6) is -0.372. The first-order chi connectivity index (χ1) is 9.72. The number of nitrogens with one attached hydrogen (secondary N) is 1. The van der Waals surface area contributed by atoms with Gasteiger partial charge >= 0.3 is 0 Å². The van der Waals surface area contributed by atoms with Crippen molar-refractivity contribution in [3.05, 3.63) is 45.1 Å². The van der Waals surface area contributed by atoms with Crippen molar-refractivity contribution < 1.29 is 9.13 Å². The molecule has 20 heavy (non-hydrogen) atoms. The third kappa shape index (κ3) is 3.48. The maximum Gasteiger partial charge on any atom is 0.183 e. The molecule has 1 aromatic heterocycles. The summed E-state index contributed by atoms with van der Waals surface area (Å²) in [6, 6.07) is 5.38. The van der Waals surface area contributed by atoms with Crippen LogP contribution in [0.3, 0.4) is 0 Å². The van der Waals surface area contributed by atoms with Crippen LogP contribution in [0.4, 0.5) is 4.39 Å². The Kier molecular flexibility index (Phi) is 4.19. The number of halogens is 2. The molecule has 0 spiro atoms. The average Bonchev–Trinajstić information content (AvgIpc) is 3.17. The van der Waals surface area contributed by atoms with Gasteiger partial charge in [0, 0.05) is 18.0 Å². The summed E-state index contributed by atoms with van der Waals surface area (Å²) in [5.41, 5.74) is 0.807. The number of benzene rings is 1. The number of hydrogen-bond donors (Lipinski definition) is 1. The lowest BCUT2D eigenvalue weighted by Crippen LogP contribution is -2.15. The first-order valence-electron chi connectivity index (χ1n) is 6.46. The standard InChI is InChI=1S/C14H14ClFN2OS/c15-11-2-1-3-12(14(11)16)19-7-10-8-20-13(18-10)6-17-9-4-5-9/h1-3,8-9,17H,4-7H2. The molecule has 2 aromatic rings. The Labute approximate surface area is 125 Å². The molecule has 106 valence electrons. The first-order valence-corrected chi connectivity index (χ1v) is 7.71. The summed E-state index contributed by atoms with van der Waals surface area (Å²) in [6.45, 7) is 1.04. The van der Waals surface area contributed by atoms with Gasteiger partial charge in [-0.1, -0.05) is 17.7 Å². The van der Waals surface area contributed by atoms with Crippen LogP contribution in [0.25, 0.3) is 0 Å². The lowest BCUT2D eigenvalue weighted by Gasteiger charge is -2.06. The predicted molar refractivity (Wildman–Crippen MR) is 77.7 cm³/mol. The second-order valence-corrected chi connectivity index (χ2v) is 6.08. The van der Waals surface area contributed by atoms with Gasteiger partial charge in [-0.05, 0) is 25.0 Å². The van der Waals surface area contributed by atoms with Gasteiger partial charge in [0.25, 0.3) is 0 Å². The minimum absolute atomic E-state index is 0.0649. The van der Waals surface area contributed by atoms with Crippen molar-refractivity contribution in [2.75, 3.05) is 0 Å². The SMILES string of the molecule is Fc1c(Cl)cccc1OCc1csc(CNC2CC2)n1. The Bertz CT molecular complexity index is 601. The predicted octanol–water partition coefficient (Wildman–Crippen LogP) is 3.77. The third-order valence-electron chi connectivity index (χ3n) is 3.01. The van der Waals surface area contributed by atoms with E-state index < -0.39 is 5.82 Å². The number of nitrogens with zero attached hydrogens (tertiary/aromatic N) is 1. The summed E-state index contributed by atoms with van der Waals surface area (Å²) in [7, 11) is 0. The van der Waals surface area contributed by atoms with Gasteiger partial charge in [0.15, 0.2) is 11.6 Å². The first kappa shape index (κ1) is 13.8. The molecule has 1 fully saturated rings. The van der Waals surface area contributed by atoms with E-state index in [-0.39, 0.29) is 17.4 Å². The Hall–Kier alpha value is -1.17. The van der Waals surface area contributed by atoms with E-state index in [0.29, 0.717) is 6.04 Å². The van der Waals surface area contributed by atoms with Crippen LogP contribution < -0.4 is 10.1 Å². The van der Waals surface area contributed by atoms with Crippen molar-refractivity contribution in [2.45, 2.75) is 32.0 Å². The van der Waals surface area contributed by atoms with Crippen molar-refractivity contribution >= 4 is 22.9 Å². The van der Waals surface area contributed by atoms with Gasteiger partial charge in [0.05, 0.1) is 10.7 Å². The van der Waals surface area contributed by atoms with E-state index in [4.69, 9.17) is 16.3 Å². The molecule has 3 rings (SSSR count). The Morgan fingerprint density at radius 2 is 2.30 bits per heavy atom. The van der Waals surface area contributed by atoms with Crippen LogP contribution in [-0.2, 0) is 13.2 Å². The molecule has 1 aliphatic rings. The fourth-order valence-corrected chi connectivity index (χ4v) is 2.66. The second kappa shape index (κ2) is 6.08. The van der Waals surface area contributed by atoms with E-state index in [1.807, 2.05) is 5.38 Å². The fourth-order valence-electron chi connectivity index (χ4n) is 1.76.